The summed E-state index contributed by atoms with van der Waals surface area (Å²) in [5.74, 6) is 0.262. The molecule has 1 unspecified atom stereocenters. The van der Waals surface area contributed by atoms with E-state index >= 15 is 0 Å². The van der Waals surface area contributed by atoms with E-state index in [0.29, 0.717) is 18.0 Å². The number of amides is 2. The number of likely N-dealkylation sites (N-methyl/N-ethyl adjacent to an activating group) is 1. The van der Waals surface area contributed by atoms with Gasteiger partial charge in [-0.05, 0) is 24.3 Å². The molecule has 27 heavy (non-hydrogen) atoms. The molecule has 0 saturated heterocycles. The van der Waals surface area contributed by atoms with Gasteiger partial charge in [-0.25, -0.2) is 4.98 Å². The van der Waals surface area contributed by atoms with E-state index in [2.05, 4.69) is 4.98 Å². The Balaban J connectivity index is 1.52. The molecule has 2 amide bonds. The van der Waals surface area contributed by atoms with Gasteiger partial charge in [-0.3, -0.25) is 9.59 Å². The fraction of sp³-hybridized carbons (Fsp3) is 0.250. The Morgan fingerprint density at radius 3 is 2.74 bits per heavy atom. The molecule has 2 aromatic carbocycles. The molecule has 0 fully saturated rings. The lowest BCUT2D eigenvalue weighted by molar-refractivity contribution is -0.138. The zero-order valence-electron chi connectivity index (χ0n) is 15.1. The van der Waals surface area contributed by atoms with Crippen LogP contribution < -0.4 is 9.64 Å². The van der Waals surface area contributed by atoms with Gasteiger partial charge >= 0.3 is 0 Å². The highest BCUT2D eigenvalue weighted by Gasteiger charge is 2.34. The maximum Gasteiger partial charge on any atom is 0.265 e. The van der Waals surface area contributed by atoms with E-state index in [1.54, 1.807) is 34.3 Å². The third-order valence-electron chi connectivity index (χ3n) is 4.52. The summed E-state index contributed by atoms with van der Waals surface area (Å²) >= 11 is 1.57. The van der Waals surface area contributed by atoms with Crippen LogP contribution in [0.15, 0.2) is 48.5 Å². The minimum absolute atomic E-state index is 0.114. The van der Waals surface area contributed by atoms with Crippen molar-refractivity contribution in [3.8, 4) is 5.75 Å². The number of ether oxygens (including phenoxy) is 1. The largest absolute Gasteiger partial charge is 0.476 e. The summed E-state index contributed by atoms with van der Waals surface area (Å²) in [6.45, 7) is 2.10. The number of hydrogen-bond acceptors (Lipinski definition) is 5. The first-order valence-corrected chi connectivity index (χ1v) is 9.48. The summed E-state index contributed by atoms with van der Waals surface area (Å²) < 4.78 is 6.99. The number of benzene rings is 2. The monoisotopic (exact) mass is 381 g/mol. The number of hydrogen-bond donors (Lipinski definition) is 0. The Labute approximate surface area is 161 Å². The second-order valence-electron chi connectivity index (χ2n) is 6.47. The minimum Gasteiger partial charge on any atom is -0.476 e. The Hall–Kier alpha value is -2.93. The number of carbonyl (C=O) groups is 2. The lowest BCUT2D eigenvalue weighted by atomic mass is 10.1. The Morgan fingerprint density at radius 2 is 1.96 bits per heavy atom. The molecule has 0 radical (unpaired) electrons. The second-order valence-corrected chi connectivity index (χ2v) is 7.59. The maximum atomic E-state index is 12.9. The van der Waals surface area contributed by atoms with E-state index in [-0.39, 0.29) is 18.4 Å². The third kappa shape index (κ3) is 3.38. The molecule has 1 aliphatic heterocycles. The molecule has 0 saturated carbocycles. The number of para-hydroxylation sites is 3. The van der Waals surface area contributed by atoms with Gasteiger partial charge in [-0.2, -0.15) is 0 Å². The molecule has 0 N–H and O–H groups in total. The summed E-state index contributed by atoms with van der Waals surface area (Å²) in [7, 11) is 1.73. The van der Waals surface area contributed by atoms with E-state index in [9.17, 15) is 9.59 Å². The standard InChI is InChI=1S/C20H19N3O3S/c1-13(24)23-11-17(26-16-9-5-4-8-15(16)23)20(25)22(2)12-19-21-14-7-3-6-10-18(14)27-19/h3-10,17H,11-12H2,1-2H3. The topological polar surface area (TPSA) is 62.7 Å². The summed E-state index contributed by atoms with van der Waals surface area (Å²) in [6.07, 6.45) is -0.733. The number of fused-ring (bicyclic) bond motifs is 2. The number of nitrogens with zero attached hydrogens (tertiary/aromatic N) is 3. The van der Waals surface area contributed by atoms with Crippen molar-refractivity contribution in [2.24, 2.45) is 0 Å². The first-order valence-electron chi connectivity index (χ1n) is 8.66. The molecule has 138 valence electrons. The zero-order valence-corrected chi connectivity index (χ0v) is 15.9. The van der Waals surface area contributed by atoms with Gasteiger partial charge in [0.05, 0.1) is 29.0 Å². The molecule has 1 aliphatic rings. The van der Waals surface area contributed by atoms with Crippen molar-refractivity contribution in [1.82, 2.24) is 9.88 Å². The molecular weight excluding hydrogens is 362 g/mol. The predicted molar refractivity (Wildman–Crippen MR) is 105 cm³/mol. The van der Waals surface area contributed by atoms with Gasteiger partial charge in [0.15, 0.2) is 6.10 Å². The van der Waals surface area contributed by atoms with Crippen LogP contribution in [0.1, 0.15) is 11.9 Å². The van der Waals surface area contributed by atoms with Gasteiger partial charge < -0.3 is 14.5 Å². The SMILES string of the molecule is CC(=O)N1CC(C(=O)N(C)Cc2nc3ccccc3s2)Oc2ccccc21. The van der Waals surface area contributed by atoms with Crippen molar-refractivity contribution in [2.45, 2.75) is 19.6 Å². The average molecular weight is 381 g/mol. The number of carbonyl (C=O) groups excluding carboxylic acids is 2. The van der Waals surface area contributed by atoms with E-state index in [4.69, 9.17) is 4.74 Å². The number of rotatable bonds is 3. The number of aromatic nitrogens is 1. The molecule has 0 bridgehead atoms. The van der Waals surface area contributed by atoms with Crippen LogP contribution in [0.2, 0.25) is 0 Å². The highest BCUT2D eigenvalue weighted by Crippen LogP contribution is 2.33. The Bertz CT molecular complexity index is 983. The maximum absolute atomic E-state index is 12.9. The Kier molecular flexibility index (Phi) is 4.53. The molecule has 0 spiro atoms. The normalized spacial score (nSPS) is 15.9. The first kappa shape index (κ1) is 17.5. The summed E-state index contributed by atoms with van der Waals surface area (Å²) in [4.78, 5) is 32.7. The van der Waals surface area contributed by atoms with Crippen LogP contribution in [0.3, 0.4) is 0 Å². The van der Waals surface area contributed by atoms with E-state index < -0.39 is 6.10 Å². The molecule has 2 heterocycles. The van der Waals surface area contributed by atoms with E-state index in [1.165, 1.54) is 6.92 Å². The van der Waals surface area contributed by atoms with Crippen molar-refractivity contribution in [3.05, 3.63) is 53.5 Å². The van der Waals surface area contributed by atoms with Crippen LogP contribution in [-0.2, 0) is 16.1 Å². The summed E-state index contributed by atoms with van der Waals surface area (Å²) in [6, 6.07) is 15.2. The fourth-order valence-electron chi connectivity index (χ4n) is 3.18. The van der Waals surface area contributed by atoms with E-state index in [0.717, 1.165) is 15.2 Å². The second kappa shape index (κ2) is 7.00. The molecule has 7 heteroatoms. The first-order chi connectivity index (χ1) is 13.0. The average Bonchev–Trinajstić information content (AvgIpc) is 3.08. The van der Waals surface area contributed by atoms with Gasteiger partial charge in [0.25, 0.3) is 5.91 Å². The van der Waals surface area contributed by atoms with Gasteiger partial charge in [-0.15, -0.1) is 11.3 Å². The minimum atomic E-state index is -0.733. The van der Waals surface area contributed by atoms with Crippen LogP contribution in [0.5, 0.6) is 5.75 Å². The van der Waals surface area contributed by atoms with Crippen molar-refractivity contribution < 1.29 is 14.3 Å². The molecule has 0 aliphatic carbocycles. The van der Waals surface area contributed by atoms with Gasteiger partial charge in [0.1, 0.15) is 10.8 Å². The summed E-state index contributed by atoms with van der Waals surface area (Å²) in [5, 5.41) is 0.867. The Morgan fingerprint density at radius 1 is 1.22 bits per heavy atom. The molecule has 3 aromatic rings. The molecule has 6 nitrogen and oxygen atoms in total. The lowest BCUT2D eigenvalue weighted by Gasteiger charge is -2.35. The molecule has 1 atom stereocenters. The molecule has 1 aromatic heterocycles. The fourth-order valence-corrected chi connectivity index (χ4v) is 4.20. The van der Waals surface area contributed by atoms with Crippen molar-refractivity contribution in [2.75, 3.05) is 18.5 Å². The number of anilines is 1. The van der Waals surface area contributed by atoms with Gasteiger partial charge in [0, 0.05) is 14.0 Å². The molecule has 4 rings (SSSR count). The zero-order chi connectivity index (χ0) is 19.0. The lowest BCUT2D eigenvalue weighted by Crippen LogP contribution is -2.50. The van der Waals surface area contributed by atoms with Gasteiger partial charge in [-0.1, -0.05) is 24.3 Å². The van der Waals surface area contributed by atoms with Crippen LogP contribution in [0.25, 0.3) is 10.2 Å². The van der Waals surface area contributed by atoms with Crippen LogP contribution >= 0.6 is 11.3 Å². The molecular formula is C20H19N3O3S. The third-order valence-corrected chi connectivity index (χ3v) is 5.54. The van der Waals surface area contributed by atoms with Crippen molar-refractivity contribution >= 4 is 39.1 Å². The van der Waals surface area contributed by atoms with Crippen molar-refractivity contribution in [1.29, 1.82) is 0 Å². The quantitative estimate of drug-likeness (QED) is 0.700. The smallest absolute Gasteiger partial charge is 0.265 e. The van der Waals surface area contributed by atoms with Crippen molar-refractivity contribution in [3.63, 3.8) is 0 Å². The van der Waals surface area contributed by atoms with Gasteiger partial charge in [0.2, 0.25) is 5.91 Å². The number of thiazole rings is 1. The van der Waals surface area contributed by atoms with E-state index in [1.807, 2.05) is 42.5 Å². The van der Waals surface area contributed by atoms with Crippen LogP contribution in [0, 0.1) is 0 Å². The van der Waals surface area contributed by atoms with Crippen LogP contribution in [-0.4, -0.2) is 41.4 Å². The predicted octanol–water partition coefficient (Wildman–Crippen LogP) is 3.07. The van der Waals surface area contributed by atoms with Crippen LogP contribution in [0.4, 0.5) is 5.69 Å². The highest BCUT2D eigenvalue weighted by molar-refractivity contribution is 7.18. The highest BCUT2D eigenvalue weighted by atomic mass is 32.1. The summed E-state index contributed by atoms with van der Waals surface area (Å²) in [5.41, 5.74) is 1.63.